The molecule has 0 aliphatic rings. The summed E-state index contributed by atoms with van der Waals surface area (Å²) in [5.74, 6) is 4.80. The van der Waals surface area contributed by atoms with Gasteiger partial charge in [-0.1, -0.05) is 41.4 Å². The van der Waals surface area contributed by atoms with Gasteiger partial charge in [0.05, 0.1) is 16.1 Å². The van der Waals surface area contributed by atoms with Gasteiger partial charge in [-0.05, 0) is 31.2 Å². The molecule has 0 radical (unpaired) electrons. The second-order valence-electron chi connectivity index (χ2n) is 5.54. The van der Waals surface area contributed by atoms with Crippen LogP contribution in [-0.4, -0.2) is 23.0 Å². The van der Waals surface area contributed by atoms with Crippen molar-refractivity contribution in [2.24, 2.45) is 5.84 Å². The minimum absolute atomic E-state index is 0.259. The van der Waals surface area contributed by atoms with Crippen LogP contribution in [0.5, 0.6) is 5.75 Å². The number of nitrogens with zero attached hydrogens (tertiary/aromatic N) is 1. The highest BCUT2D eigenvalue weighted by atomic mass is 35.5. The lowest BCUT2D eigenvalue weighted by molar-refractivity contribution is 0.0841. The molecule has 134 valence electrons. The predicted octanol–water partition coefficient (Wildman–Crippen LogP) is 3.58. The van der Waals surface area contributed by atoms with Gasteiger partial charge in [0.25, 0.3) is 11.8 Å². The molecule has 0 bridgehead atoms. The molecular weight excluding hydrogens is 377 g/mol. The van der Waals surface area contributed by atoms with E-state index in [4.69, 9.17) is 33.8 Å². The van der Waals surface area contributed by atoms with Crippen LogP contribution >= 0.6 is 23.2 Å². The van der Waals surface area contributed by atoms with Gasteiger partial charge in [0.2, 0.25) is 0 Å². The van der Waals surface area contributed by atoms with Gasteiger partial charge in [-0.25, -0.2) is 5.84 Å². The second-order valence-corrected chi connectivity index (χ2v) is 6.39. The minimum atomic E-state index is -0.466. The second kappa shape index (κ2) is 7.37. The number of hydrogen-bond donors (Lipinski definition) is 2. The van der Waals surface area contributed by atoms with Crippen molar-refractivity contribution in [1.29, 1.82) is 0 Å². The largest absolute Gasteiger partial charge is 0.482 e. The lowest BCUT2D eigenvalue weighted by atomic mass is 10.1. The lowest BCUT2D eigenvalue weighted by Gasteiger charge is -2.10. The topological polar surface area (TPSA) is 86.4 Å². The maximum absolute atomic E-state index is 12.8. The Kier molecular flexibility index (Phi) is 5.18. The summed E-state index contributed by atoms with van der Waals surface area (Å²) < 4.78 is 6.96. The minimum Gasteiger partial charge on any atom is -0.482 e. The Bertz CT molecular complexity index is 1010. The molecule has 0 spiro atoms. The zero-order valence-electron chi connectivity index (χ0n) is 13.8. The first-order valence-electron chi connectivity index (χ1n) is 7.66. The Balaban J connectivity index is 1.96. The highest BCUT2D eigenvalue weighted by Crippen LogP contribution is 2.28. The number of amides is 1. The fourth-order valence-electron chi connectivity index (χ4n) is 2.84. The number of nitrogen functional groups attached to an aromatic ring is 1. The monoisotopic (exact) mass is 391 g/mol. The third-order valence-corrected chi connectivity index (χ3v) is 4.49. The van der Waals surface area contributed by atoms with E-state index in [0.717, 1.165) is 0 Å². The number of ether oxygens (including phenoxy) is 1. The van der Waals surface area contributed by atoms with Crippen LogP contribution in [0.2, 0.25) is 10.0 Å². The van der Waals surface area contributed by atoms with Crippen molar-refractivity contribution in [3.63, 3.8) is 0 Å². The number of benzene rings is 2. The molecule has 0 unspecified atom stereocenters. The molecule has 1 amide bonds. The molecule has 8 heteroatoms. The molecule has 3 rings (SSSR count). The van der Waals surface area contributed by atoms with Gasteiger partial charge >= 0.3 is 0 Å². The first kappa shape index (κ1) is 18.3. The average molecular weight is 392 g/mol. The standard InChI is InChI=1S/C18H15Cl2N3O3/c1-10-17(18(25)22-21)12-4-2-3-5-14(12)23(10)16(24)9-26-15-7-6-11(19)8-13(15)20/h2-8H,9,21H2,1H3,(H,22,25). The van der Waals surface area contributed by atoms with Crippen molar-refractivity contribution in [2.75, 3.05) is 6.61 Å². The molecule has 0 saturated heterocycles. The summed E-state index contributed by atoms with van der Waals surface area (Å²) in [5, 5.41) is 1.41. The van der Waals surface area contributed by atoms with Crippen molar-refractivity contribution >= 4 is 45.9 Å². The van der Waals surface area contributed by atoms with Crippen LogP contribution in [0.4, 0.5) is 0 Å². The first-order valence-corrected chi connectivity index (χ1v) is 8.41. The van der Waals surface area contributed by atoms with E-state index in [2.05, 4.69) is 5.43 Å². The summed E-state index contributed by atoms with van der Waals surface area (Å²) in [4.78, 5) is 24.9. The number of rotatable bonds is 4. The Hall–Kier alpha value is -2.54. The van der Waals surface area contributed by atoms with Crippen molar-refractivity contribution in [2.45, 2.75) is 6.92 Å². The summed E-state index contributed by atoms with van der Waals surface area (Å²) in [6, 6.07) is 11.8. The summed E-state index contributed by atoms with van der Waals surface area (Å²) in [5.41, 5.74) is 3.53. The fourth-order valence-corrected chi connectivity index (χ4v) is 3.31. The predicted molar refractivity (Wildman–Crippen MR) is 101 cm³/mol. The van der Waals surface area contributed by atoms with Crippen LogP contribution < -0.4 is 16.0 Å². The first-order chi connectivity index (χ1) is 12.4. The van der Waals surface area contributed by atoms with Gasteiger partial charge in [0.15, 0.2) is 6.61 Å². The highest BCUT2D eigenvalue weighted by molar-refractivity contribution is 6.35. The SMILES string of the molecule is Cc1c(C(=O)NN)c2ccccc2n1C(=O)COc1ccc(Cl)cc1Cl. The summed E-state index contributed by atoms with van der Waals surface area (Å²) in [7, 11) is 0. The molecule has 0 aliphatic carbocycles. The number of hydrazine groups is 1. The zero-order chi connectivity index (χ0) is 18.8. The number of halogens is 2. The van der Waals surface area contributed by atoms with E-state index >= 15 is 0 Å². The molecule has 1 aromatic heterocycles. The molecule has 3 N–H and O–H groups in total. The van der Waals surface area contributed by atoms with Gasteiger partial charge in [0, 0.05) is 16.1 Å². The Morgan fingerprint density at radius 3 is 2.62 bits per heavy atom. The van der Waals surface area contributed by atoms with Gasteiger partial charge in [-0.3, -0.25) is 19.6 Å². The van der Waals surface area contributed by atoms with Crippen molar-refractivity contribution in [3.8, 4) is 5.75 Å². The lowest BCUT2D eigenvalue weighted by Crippen LogP contribution is -2.30. The molecule has 0 atom stereocenters. The van der Waals surface area contributed by atoms with Crippen molar-refractivity contribution in [3.05, 3.63) is 63.8 Å². The van der Waals surface area contributed by atoms with Crippen LogP contribution in [0.3, 0.4) is 0 Å². The van der Waals surface area contributed by atoms with E-state index in [1.54, 1.807) is 43.3 Å². The van der Waals surface area contributed by atoms with Gasteiger partial charge in [-0.2, -0.15) is 0 Å². The third kappa shape index (κ3) is 3.26. The molecule has 3 aromatic rings. The van der Waals surface area contributed by atoms with Gasteiger partial charge in [-0.15, -0.1) is 0 Å². The number of nitrogens with two attached hydrogens (primary N) is 1. The maximum Gasteiger partial charge on any atom is 0.269 e. The molecule has 2 aromatic carbocycles. The number of nitrogens with one attached hydrogen (secondary N) is 1. The Morgan fingerprint density at radius 2 is 1.92 bits per heavy atom. The van der Waals surface area contributed by atoms with E-state index in [-0.39, 0.29) is 12.5 Å². The fraction of sp³-hybridized carbons (Fsp3) is 0.111. The normalized spacial score (nSPS) is 10.8. The van der Waals surface area contributed by atoms with E-state index in [9.17, 15) is 9.59 Å². The molecule has 1 heterocycles. The number of aromatic nitrogens is 1. The van der Waals surface area contributed by atoms with E-state index in [1.165, 1.54) is 10.6 Å². The quantitative estimate of drug-likeness (QED) is 0.404. The highest BCUT2D eigenvalue weighted by Gasteiger charge is 2.22. The van der Waals surface area contributed by atoms with Gasteiger partial charge < -0.3 is 4.74 Å². The maximum atomic E-state index is 12.8. The molecule has 26 heavy (non-hydrogen) atoms. The molecule has 6 nitrogen and oxygen atoms in total. The van der Waals surface area contributed by atoms with Crippen LogP contribution in [0.15, 0.2) is 42.5 Å². The summed E-state index contributed by atoms with van der Waals surface area (Å²) >= 11 is 11.9. The van der Waals surface area contributed by atoms with Crippen LogP contribution in [0.25, 0.3) is 10.9 Å². The molecule has 0 aliphatic heterocycles. The third-order valence-electron chi connectivity index (χ3n) is 3.96. The smallest absolute Gasteiger partial charge is 0.269 e. The molecular formula is C18H15Cl2N3O3. The molecule has 0 fully saturated rings. The number of carbonyl (C=O) groups excluding carboxylic acids is 2. The van der Waals surface area contributed by atoms with Crippen molar-refractivity contribution < 1.29 is 14.3 Å². The Labute approximate surface area is 159 Å². The average Bonchev–Trinajstić information content (AvgIpc) is 2.92. The summed E-state index contributed by atoms with van der Waals surface area (Å²) in [6.07, 6.45) is 0. The Morgan fingerprint density at radius 1 is 1.19 bits per heavy atom. The van der Waals surface area contributed by atoms with E-state index in [0.29, 0.717) is 38.0 Å². The van der Waals surface area contributed by atoms with Crippen LogP contribution in [0, 0.1) is 6.92 Å². The molecule has 0 saturated carbocycles. The number of para-hydroxylation sites is 1. The van der Waals surface area contributed by atoms with E-state index in [1.807, 2.05) is 0 Å². The number of hydrogen-bond acceptors (Lipinski definition) is 4. The van der Waals surface area contributed by atoms with Gasteiger partial charge in [0.1, 0.15) is 5.75 Å². The van der Waals surface area contributed by atoms with Crippen LogP contribution in [0.1, 0.15) is 20.8 Å². The number of carbonyl (C=O) groups is 2. The summed E-state index contributed by atoms with van der Waals surface area (Å²) in [6.45, 7) is 1.42. The van der Waals surface area contributed by atoms with Crippen molar-refractivity contribution in [1.82, 2.24) is 9.99 Å². The van der Waals surface area contributed by atoms with E-state index < -0.39 is 5.91 Å². The van der Waals surface area contributed by atoms with Crippen LogP contribution in [-0.2, 0) is 0 Å². The zero-order valence-corrected chi connectivity index (χ0v) is 15.3. The number of fused-ring (bicyclic) bond motifs is 1.